The first-order chi connectivity index (χ1) is 39.0. The average Bonchev–Trinajstić information content (AvgIpc) is 3.42. The standard InChI is InChI=1S/C70H124NO8P/c1-6-8-10-12-14-16-18-20-22-24-26-28-30-32-33-34-35-36-37-39-41-43-45-47-49-51-53-55-57-59-61-63-70(73)79-68(67-78-80(74,75)77-65-64-71(3,4)5)66-76-69(72)62-60-58-56-54-52-50-48-46-44-42-40-38-31-29-27-25-23-21-19-17-15-13-11-9-7-2/h8,10,14,16,20,22,25-28,32-33,35-36,39,41,68H,6-7,9,11-13,15,17-19,21,23-24,29-31,34,37-38,40,42-67H2,1-5H3/p+1/b10-8-,16-14-,22-20-,27-25-,28-26-,33-32-,36-35-,41-39-. The van der Waals surface area contributed by atoms with Crippen molar-refractivity contribution in [1.29, 1.82) is 0 Å². The van der Waals surface area contributed by atoms with Crippen LogP contribution in [0.15, 0.2) is 97.2 Å². The molecular formula is C70H125NO8P+. The minimum atomic E-state index is -4.40. The lowest BCUT2D eigenvalue weighted by Gasteiger charge is -2.24. The molecule has 0 radical (unpaired) electrons. The largest absolute Gasteiger partial charge is 0.472 e. The number of carbonyl (C=O) groups is 2. The lowest BCUT2D eigenvalue weighted by atomic mass is 10.0. The van der Waals surface area contributed by atoms with E-state index in [-0.39, 0.29) is 32.0 Å². The molecule has 0 aliphatic carbocycles. The monoisotopic (exact) mass is 1140 g/mol. The zero-order valence-corrected chi connectivity index (χ0v) is 53.4. The third kappa shape index (κ3) is 64.1. The van der Waals surface area contributed by atoms with E-state index in [2.05, 4.69) is 111 Å². The van der Waals surface area contributed by atoms with E-state index >= 15 is 0 Å². The minimum Gasteiger partial charge on any atom is -0.462 e. The van der Waals surface area contributed by atoms with Crippen molar-refractivity contribution in [2.75, 3.05) is 47.5 Å². The molecule has 0 aliphatic rings. The van der Waals surface area contributed by atoms with Crippen LogP contribution < -0.4 is 0 Å². The van der Waals surface area contributed by atoms with Gasteiger partial charge in [0.05, 0.1) is 27.7 Å². The zero-order chi connectivity index (χ0) is 58.4. The third-order valence-corrected chi connectivity index (χ3v) is 15.1. The van der Waals surface area contributed by atoms with Crippen molar-refractivity contribution in [1.82, 2.24) is 0 Å². The maximum Gasteiger partial charge on any atom is 0.472 e. The number of likely N-dealkylation sites (N-methyl/N-ethyl adjacent to an activating group) is 1. The Hall–Kier alpha value is -3.07. The van der Waals surface area contributed by atoms with Gasteiger partial charge in [-0.05, 0) is 96.3 Å². The summed E-state index contributed by atoms with van der Waals surface area (Å²) < 4.78 is 34.7. The van der Waals surface area contributed by atoms with Gasteiger partial charge in [0, 0.05) is 12.8 Å². The number of nitrogens with zero attached hydrogens (tertiary/aromatic N) is 1. The molecule has 0 heterocycles. The Kier molecular flexibility index (Phi) is 58.2. The van der Waals surface area contributed by atoms with Crippen LogP contribution >= 0.6 is 7.82 Å². The van der Waals surface area contributed by atoms with E-state index in [1.165, 1.54) is 161 Å². The molecule has 2 atom stereocenters. The minimum absolute atomic E-state index is 0.0270. The summed E-state index contributed by atoms with van der Waals surface area (Å²) in [5, 5.41) is 0. The lowest BCUT2D eigenvalue weighted by Crippen LogP contribution is -2.37. The summed E-state index contributed by atoms with van der Waals surface area (Å²) in [6, 6.07) is 0. The number of hydrogen-bond acceptors (Lipinski definition) is 7. The molecular weight excluding hydrogens is 1010 g/mol. The summed E-state index contributed by atoms with van der Waals surface area (Å²) in [7, 11) is 1.47. The van der Waals surface area contributed by atoms with Crippen molar-refractivity contribution in [3.05, 3.63) is 97.2 Å². The molecule has 0 aliphatic heterocycles. The number of carbonyl (C=O) groups excluding carboxylic acids is 2. The summed E-state index contributed by atoms with van der Waals surface area (Å²) >= 11 is 0. The summed E-state index contributed by atoms with van der Waals surface area (Å²) in [5.41, 5.74) is 0. The van der Waals surface area contributed by atoms with E-state index in [0.29, 0.717) is 17.4 Å². The molecule has 0 spiro atoms. The van der Waals surface area contributed by atoms with Crippen molar-refractivity contribution in [2.24, 2.45) is 0 Å². The van der Waals surface area contributed by atoms with Crippen LogP contribution in [-0.2, 0) is 32.7 Å². The Morgan fingerprint density at radius 2 is 0.713 bits per heavy atom. The van der Waals surface area contributed by atoms with Crippen molar-refractivity contribution in [3.8, 4) is 0 Å². The molecule has 10 heteroatoms. The van der Waals surface area contributed by atoms with Gasteiger partial charge in [0.15, 0.2) is 6.10 Å². The highest BCUT2D eigenvalue weighted by molar-refractivity contribution is 7.47. The van der Waals surface area contributed by atoms with E-state index in [0.717, 1.165) is 89.9 Å². The van der Waals surface area contributed by atoms with Crippen molar-refractivity contribution >= 4 is 19.8 Å². The molecule has 462 valence electrons. The summed E-state index contributed by atoms with van der Waals surface area (Å²) in [6.45, 7) is 4.33. The van der Waals surface area contributed by atoms with Crippen LogP contribution in [-0.4, -0.2) is 74.9 Å². The number of unbranched alkanes of at least 4 members (excludes halogenated alkanes) is 30. The average molecular weight is 1140 g/mol. The second kappa shape index (κ2) is 60.5. The highest BCUT2D eigenvalue weighted by Gasteiger charge is 2.27. The maximum absolute atomic E-state index is 12.9. The van der Waals surface area contributed by atoms with Gasteiger partial charge in [-0.1, -0.05) is 272 Å². The Morgan fingerprint density at radius 3 is 1.07 bits per heavy atom. The Labute approximate surface area is 493 Å². The fourth-order valence-electron chi connectivity index (χ4n) is 9.05. The quantitative estimate of drug-likeness (QED) is 0.0211. The van der Waals surface area contributed by atoms with E-state index in [1.807, 2.05) is 21.1 Å². The van der Waals surface area contributed by atoms with Gasteiger partial charge in [-0.2, -0.15) is 0 Å². The van der Waals surface area contributed by atoms with Crippen molar-refractivity contribution < 1.29 is 42.1 Å². The first-order valence-corrected chi connectivity index (χ1v) is 34.5. The number of phosphoric ester groups is 1. The van der Waals surface area contributed by atoms with Crippen LogP contribution in [0, 0.1) is 0 Å². The molecule has 0 fully saturated rings. The van der Waals surface area contributed by atoms with E-state index in [4.69, 9.17) is 18.5 Å². The van der Waals surface area contributed by atoms with Gasteiger partial charge in [-0.25, -0.2) is 4.57 Å². The number of hydrogen-bond donors (Lipinski definition) is 1. The van der Waals surface area contributed by atoms with Gasteiger partial charge in [-0.3, -0.25) is 18.6 Å². The first-order valence-electron chi connectivity index (χ1n) is 33.0. The number of allylic oxidation sites excluding steroid dienone is 16. The van der Waals surface area contributed by atoms with Crippen LogP contribution in [0.4, 0.5) is 0 Å². The Balaban J connectivity index is 4.13. The predicted octanol–water partition coefficient (Wildman–Crippen LogP) is 21.2. The number of esters is 2. The molecule has 0 bridgehead atoms. The summed E-state index contributed by atoms with van der Waals surface area (Å²) in [5.74, 6) is -0.801. The van der Waals surface area contributed by atoms with Gasteiger partial charge >= 0.3 is 19.8 Å². The van der Waals surface area contributed by atoms with Crippen LogP contribution in [0.2, 0.25) is 0 Å². The van der Waals surface area contributed by atoms with E-state index in [9.17, 15) is 19.0 Å². The second-order valence-electron chi connectivity index (χ2n) is 23.1. The molecule has 0 amide bonds. The molecule has 0 saturated heterocycles. The molecule has 0 aromatic rings. The van der Waals surface area contributed by atoms with Gasteiger partial charge in [-0.15, -0.1) is 0 Å². The topological polar surface area (TPSA) is 108 Å². The Bertz CT molecular complexity index is 1670. The fraction of sp³-hybridized carbons (Fsp3) is 0.743. The molecule has 2 unspecified atom stereocenters. The Morgan fingerprint density at radius 1 is 0.400 bits per heavy atom. The normalized spacial score (nSPS) is 13.8. The molecule has 0 aromatic carbocycles. The van der Waals surface area contributed by atoms with Gasteiger partial charge in [0.1, 0.15) is 19.8 Å². The van der Waals surface area contributed by atoms with Crippen LogP contribution in [0.1, 0.15) is 284 Å². The van der Waals surface area contributed by atoms with Crippen LogP contribution in [0.5, 0.6) is 0 Å². The van der Waals surface area contributed by atoms with E-state index in [1.54, 1.807) is 0 Å². The van der Waals surface area contributed by atoms with Gasteiger partial charge in [0.2, 0.25) is 0 Å². The highest BCUT2D eigenvalue weighted by atomic mass is 31.2. The molecule has 0 rings (SSSR count). The predicted molar refractivity (Wildman–Crippen MR) is 344 cm³/mol. The zero-order valence-electron chi connectivity index (χ0n) is 52.5. The number of phosphoric acid groups is 1. The third-order valence-electron chi connectivity index (χ3n) is 14.1. The summed E-state index contributed by atoms with van der Waals surface area (Å²) in [4.78, 5) is 35.8. The maximum atomic E-state index is 12.9. The van der Waals surface area contributed by atoms with Crippen molar-refractivity contribution in [2.45, 2.75) is 290 Å². The fourth-order valence-corrected chi connectivity index (χ4v) is 9.79. The molecule has 0 aromatic heterocycles. The number of ether oxygens (including phenoxy) is 2. The van der Waals surface area contributed by atoms with E-state index < -0.39 is 26.5 Å². The number of quaternary nitrogens is 1. The van der Waals surface area contributed by atoms with Crippen molar-refractivity contribution in [3.63, 3.8) is 0 Å². The second-order valence-corrected chi connectivity index (χ2v) is 24.6. The molecule has 80 heavy (non-hydrogen) atoms. The smallest absolute Gasteiger partial charge is 0.462 e. The van der Waals surface area contributed by atoms with Gasteiger partial charge in [0.25, 0.3) is 0 Å². The molecule has 1 N–H and O–H groups in total. The number of rotatable bonds is 60. The van der Waals surface area contributed by atoms with Crippen LogP contribution in [0.3, 0.4) is 0 Å². The summed E-state index contributed by atoms with van der Waals surface area (Å²) in [6.07, 6.45) is 83.5. The van der Waals surface area contributed by atoms with Crippen LogP contribution in [0.25, 0.3) is 0 Å². The molecule has 9 nitrogen and oxygen atoms in total. The van der Waals surface area contributed by atoms with Gasteiger partial charge < -0.3 is 18.9 Å². The lowest BCUT2D eigenvalue weighted by molar-refractivity contribution is -0.870. The first kappa shape index (κ1) is 76.9. The highest BCUT2D eigenvalue weighted by Crippen LogP contribution is 2.43. The molecule has 0 saturated carbocycles. The SMILES string of the molecule is CC/C=C\C/C=C\C/C=C\C/C=C\C/C=C\C/C=C\C/C=C\CCCCCCCCCCCC(=O)OC(COC(=O)CCCCCCCCCCCCCCC/C=C\CCCCCCCCCC)COP(=O)(O)OCC[N+](C)(C)C.